The van der Waals surface area contributed by atoms with Crippen LogP contribution in [0.2, 0.25) is 5.02 Å². The lowest BCUT2D eigenvalue weighted by Crippen LogP contribution is -2.35. The summed E-state index contributed by atoms with van der Waals surface area (Å²) in [5.41, 5.74) is 3.37. The number of hydrogen-bond donors (Lipinski definition) is 2. The van der Waals surface area contributed by atoms with E-state index in [0.29, 0.717) is 11.6 Å². The zero-order valence-corrected chi connectivity index (χ0v) is 17.0. The van der Waals surface area contributed by atoms with Crippen LogP contribution in [-0.4, -0.2) is 43.7 Å². The van der Waals surface area contributed by atoms with Crippen molar-refractivity contribution < 1.29 is 9.53 Å². The molecule has 5 nitrogen and oxygen atoms in total. The lowest BCUT2D eigenvalue weighted by atomic mass is 10.1. The molecular formula is C22H28ClN3O2. The number of morpholine rings is 1. The molecule has 1 aliphatic heterocycles. The maximum atomic E-state index is 12.1. The topological polar surface area (TPSA) is 53.6 Å². The van der Waals surface area contributed by atoms with Crippen LogP contribution in [0.3, 0.4) is 0 Å². The minimum atomic E-state index is -0.0312. The largest absolute Gasteiger partial charge is 0.379 e. The highest BCUT2D eigenvalue weighted by molar-refractivity contribution is 6.31. The van der Waals surface area contributed by atoms with Crippen LogP contribution in [0.4, 0.5) is 0 Å². The first-order valence-corrected chi connectivity index (χ1v) is 10.1. The van der Waals surface area contributed by atoms with Gasteiger partial charge in [0.1, 0.15) is 0 Å². The highest BCUT2D eigenvalue weighted by Gasteiger charge is 2.12. The first-order valence-electron chi connectivity index (χ1n) is 9.74. The number of amides is 1. The first kappa shape index (κ1) is 20.8. The van der Waals surface area contributed by atoms with Gasteiger partial charge >= 0.3 is 0 Å². The Balaban J connectivity index is 1.40. The molecule has 6 heteroatoms. The average molecular weight is 402 g/mol. The predicted molar refractivity (Wildman–Crippen MR) is 112 cm³/mol. The summed E-state index contributed by atoms with van der Waals surface area (Å²) in [6.07, 6.45) is 0. The zero-order chi connectivity index (χ0) is 19.8. The number of nitrogens with zero attached hydrogens (tertiary/aromatic N) is 1. The van der Waals surface area contributed by atoms with Crippen LogP contribution < -0.4 is 10.6 Å². The van der Waals surface area contributed by atoms with E-state index in [2.05, 4.69) is 39.8 Å². The Kier molecular flexibility index (Phi) is 7.86. The molecule has 1 saturated heterocycles. The van der Waals surface area contributed by atoms with Crippen LogP contribution in [-0.2, 0) is 22.6 Å². The van der Waals surface area contributed by atoms with E-state index in [1.807, 2.05) is 31.2 Å². The number of carbonyl (C=O) groups excluding carboxylic acids is 1. The van der Waals surface area contributed by atoms with E-state index in [0.717, 1.165) is 44.0 Å². The Labute approximate surface area is 172 Å². The Morgan fingerprint density at radius 1 is 1.11 bits per heavy atom. The number of rotatable bonds is 8. The maximum Gasteiger partial charge on any atom is 0.234 e. The standard InChI is InChI=1S/C22H28ClN3O2/c1-17(20-4-2-3-5-21(20)23)24-15-22(27)25-14-18-6-8-19(9-7-18)16-26-10-12-28-13-11-26/h2-9,17,24H,10-16H2,1H3,(H,25,27)/t17-/m0/s1. The molecule has 0 aromatic heterocycles. The number of halogens is 1. The van der Waals surface area contributed by atoms with Crippen molar-refractivity contribution >= 4 is 17.5 Å². The summed E-state index contributed by atoms with van der Waals surface area (Å²) >= 11 is 6.20. The van der Waals surface area contributed by atoms with Crippen LogP contribution in [0.25, 0.3) is 0 Å². The summed E-state index contributed by atoms with van der Waals surface area (Å²) in [4.78, 5) is 14.5. The Morgan fingerprint density at radius 2 is 1.79 bits per heavy atom. The molecule has 1 heterocycles. The van der Waals surface area contributed by atoms with Crippen molar-refractivity contribution in [2.45, 2.75) is 26.1 Å². The van der Waals surface area contributed by atoms with E-state index >= 15 is 0 Å². The molecule has 0 saturated carbocycles. The fraction of sp³-hybridized carbons (Fsp3) is 0.409. The van der Waals surface area contributed by atoms with Crippen LogP contribution in [0.1, 0.15) is 29.7 Å². The van der Waals surface area contributed by atoms with Gasteiger partial charge in [-0.1, -0.05) is 54.1 Å². The summed E-state index contributed by atoms with van der Waals surface area (Å²) in [6.45, 7) is 7.32. The van der Waals surface area contributed by atoms with E-state index in [1.165, 1.54) is 5.56 Å². The lowest BCUT2D eigenvalue weighted by molar-refractivity contribution is -0.120. The van der Waals surface area contributed by atoms with Crippen molar-refractivity contribution in [2.24, 2.45) is 0 Å². The lowest BCUT2D eigenvalue weighted by Gasteiger charge is -2.26. The average Bonchev–Trinajstić information content (AvgIpc) is 2.72. The van der Waals surface area contributed by atoms with E-state index in [4.69, 9.17) is 16.3 Å². The first-order chi connectivity index (χ1) is 13.6. The number of ether oxygens (including phenoxy) is 1. The van der Waals surface area contributed by atoms with Crippen molar-refractivity contribution in [3.63, 3.8) is 0 Å². The normalized spacial score (nSPS) is 15.9. The molecule has 2 N–H and O–H groups in total. The van der Waals surface area contributed by atoms with Gasteiger partial charge in [-0.25, -0.2) is 0 Å². The fourth-order valence-corrected chi connectivity index (χ4v) is 3.52. The molecule has 3 rings (SSSR count). The van der Waals surface area contributed by atoms with Crippen LogP contribution >= 0.6 is 11.6 Å². The molecule has 0 spiro atoms. The van der Waals surface area contributed by atoms with Gasteiger partial charge < -0.3 is 15.4 Å². The summed E-state index contributed by atoms with van der Waals surface area (Å²) < 4.78 is 5.38. The molecule has 0 aliphatic carbocycles. The van der Waals surface area contributed by atoms with Crippen LogP contribution in [0.5, 0.6) is 0 Å². The van der Waals surface area contributed by atoms with Gasteiger partial charge in [-0.05, 0) is 29.7 Å². The number of carbonyl (C=O) groups is 1. The molecule has 1 fully saturated rings. The molecule has 28 heavy (non-hydrogen) atoms. The van der Waals surface area contributed by atoms with Gasteiger partial charge in [0.25, 0.3) is 0 Å². The molecule has 1 aliphatic rings. The van der Waals surface area contributed by atoms with E-state index in [1.54, 1.807) is 0 Å². The van der Waals surface area contributed by atoms with Crippen molar-refractivity contribution in [3.8, 4) is 0 Å². The van der Waals surface area contributed by atoms with Crippen molar-refractivity contribution in [2.75, 3.05) is 32.8 Å². The quantitative estimate of drug-likeness (QED) is 0.713. The van der Waals surface area contributed by atoms with E-state index in [-0.39, 0.29) is 18.5 Å². The van der Waals surface area contributed by atoms with Gasteiger partial charge in [-0.3, -0.25) is 9.69 Å². The molecule has 1 amide bonds. The number of nitrogens with one attached hydrogen (secondary N) is 2. The molecule has 0 unspecified atom stereocenters. The number of hydrogen-bond acceptors (Lipinski definition) is 4. The summed E-state index contributed by atoms with van der Waals surface area (Å²) in [6, 6.07) is 16.1. The highest BCUT2D eigenvalue weighted by Crippen LogP contribution is 2.21. The van der Waals surface area contributed by atoms with Gasteiger partial charge in [0.2, 0.25) is 5.91 Å². The minimum Gasteiger partial charge on any atom is -0.379 e. The van der Waals surface area contributed by atoms with E-state index in [9.17, 15) is 4.79 Å². The molecule has 0 bridgehead atoms. The molecule has 1 atom stereocenters. The third-order valence-electron chi connectivity index (χ3n) is 4.96. The smallest absolute Gasteiger partial charge is 0.234 e. The van der Waals surface area contributed by atoms with Gasteiger partial charge in [-0.2, -0.15) is 0 Å². The second-order valence-corrected chi connectivity index (χ2v) is 7.51. The number of benzene rings is 2. The van der Waals surface area contributed by atoms with Crippen molar-refractivity contribution in [3.05, 3.63) is 70.2 Å². The van der Waals surface area contributed by atoms with Crippen LogP contribution in [0.15, 0.2) is 48.5 Å². The monoisotopic (exact) mass is 401 g/mol. The van der Waals surface area contributed by atoms with Crippen molar-refractivity contribution in [1.82, 2.24) is 15.5 Å². The second-order valence-electron chi connectivity index (χ2n) is 7.11. The Bertz CT molecular complexity index is 761. The molecule has 150 valence electrons. The molecule has 2 aromatic carbocycles. The van der Waals surface area contributed by atoms with Crippen LogP contribution in [0, 0.1) is 0 Å². The van der Waals surface area contributed by atoms with Gasteiger partial charge in [0.15, 0.2) is 0 Å². The van der Waals surface area contributed by atoms with E-state index < -0.39 is 0 Å². The van der Waals surface area contributed by atoms with Gasteiger partial charge in [0.05, 0.1) is 19.8 Å². The fourth-order valence-electron chi connectivity index (χ4n) is 3.23. The van der Waals surface area contributed by atoms with Gasteiger partial charge in [0, 0.05) is 37.2 Å². The Morgan fingerprint density at radius 3 is 2.50 bits per heavy atom. The second kappa shape index (κ2) is 10.6. The Hall–Kier alpha value is -1.92. The molecular weight excluding hydrogens is 374 g/mol. The SMILES string of the molecule is C[C@H](NCC(=O)NCc1ccc(CN2CCOCC2)cc1)c1ccccc1Cl. The molecule has 2 aromatic rings. The zero-order valence-electron chi connectivity index (χ0n) is 16.3. The van der Waals surface area contributed by atoms with Crippen molar-refractivity contribution in [1.29, 1.82) is 0 Å². The molecule has 0 radical (unpaired) electrons. The summed E-state index contributed by atoms with van der Waals surface area (Å²) in [5, 5.41) is 6.89. The third-order valence-corrected chi connectivity index (χ3v) is 5.31. The summed E-state index contributed by atoms with van der Waals surface area (Å²) in [7, 11) is 0. The van der Waals surface area contributed by atoms with Gasteiger partial charge in [-0.15, -0.1) is 0 Å². The maximum absolute atomic E-state index is 12.1. The highest BCUT2D eigenvalue weighted by atomic mass is 35.5. The summed E-state index contributed by atoms with van der Waals surface area (Å²) in [5.74, 6) is -0.0312. The minimum absolute atomic E-state index is 0.0129. The third kappa shape index (κ3) is 6.31. The predicted octanol–water partition coefficient (Wildman–Crippen LogP) is 3.14.